The molecule has 0 saturated heterocycles. The van der Waals surface area contributed by atoms with Crippen molar-refractivity contribution in [2.75, 3.05) is 0 Å². The zero-order valence-corrected chi connectivity index (χ0v) is 9.95. The van der Waals surface area contributed by atoms with E-state index >= 15 is 0 Å². The van der Waals surface area contributed by atoms with Crippen LogP contribution in [0.4, 0.5) is 0 Å². The Bertz CT molecular complexity index is 587. The highest BCUT2D eigenvalue weighted by Gasteiger charge is 2.07. The fourth-order valence-electron chi connectivity index (χ4n) is 1.69. The highest BCUT2D eigenvalue weighted by atomic mass is 16.4. The number of carbonyl (C=O) groups is 1. The van der Waals surface area contributed by atoms with E-state index in [0.717, 1.165) is 23.9 Å². The van der Waals surface area contributed by atoms with Gasteiger partial charge < -0.3 is 5.11 Å². The molecular weight excluding hydrogens is 230 g/mol. The molecule has 0 saturated carbocycles. The van der Waals surface area contributed by atoms with Crippen molar-refractivity contribution < 1.29 is 9.90 Å². The maximum atomic E-state index is 10.6. The minimum atomic E-state index is -0.980. The molecule has 0 fully saturated rings. The summed E-state index contributed by atoms with van der Waals surface area (Å²) >= 11 is 0. The van der Waals surface area contributed by atoms with Gasteiger partial charge in [-0.3, -0.25) is 4.57 Å². The number of aryl methyl sites for hydroxylation is 1. The summed E-state index contributed by atoms with van der Waals surface area (Å²) in [5, 5.41) is 8.67. The minimum Gasteiger partial charge on any atom is -0.478 e. The summed E-state index contributed by atoms with van der Waals surface area (Å²) in [6.45, 7) is 2.01. The molecule has 0 radical (unpaired) electrons. The van der Waals surface area contributed by atoms with Gasteiger partial charge in [0.1, 0.15) is 11.6 Å². The van der Waals surface area contributed by atoms with Crippen molar-refractivity contribution in [2.24, 2.45) is 0 Å². The Balaban J connectivity index is 2.48. The molecule has 5 nitrogen and oxygen atoms in total. The van der Waals surface area contributed by atoms with E-state index in [1.54, 1.807) is 18.5 Å². The summed E-state index contributed by atoms with van der Waals surface area (Å²) in [4.78, 5) is 19.1. The monoisotopic (exact) mass is 243 g/mol. The van der Waals surface area contributed by atoms with E-state index in [2.05, 4.69) is 9.97 Å². The Labute approximate surface area is 104 Å². The number of hydrogen-bond donors (Lipinski definition) is 1. The number of aromatic nitrogens is 3. The smallest absolute Gasteiger partial charge is 0.328 e. The highest BCUT2D eigenvalue weighted by molar-refractivity contribution is 5.85. The zero-order chi connectivity index (χ0) is 13.0. The molecule has 2 rings (SSSR count). The lowest BCUT2D eigenvalue weighted by molar-refractivity contribution is -0.131. The molecule has 2 aromatic rings. The van der Waals surface area contributed by atoms with Gasteiger partial charge in [-0.25, -0.2) is 14.8 Å². The van der Waals surface area contributed by atoms with Crippen molar-refractivity contribution in [3.63, 3.8) is 0 Å². The Morgan fingerprint density at radius 2 is 2.28 bits per heavy atom. The summed E-state index contributed by atoms with van der Waals surface area (Å²) in [6, 6.07) is 3.59. The molecule has 0 aliphatic rings. The second kappa shape index (κ2) is 5.27. The highest BCUT2D eigenvalue weighted by Crippen LogP contribution is 2.15. The zero-order valence-electron chi connectivity index (χ0n) is 9.95. The van der Waals surface area contributed by atoms with Gasteiger partial charge in [-0.1, -0.05) is 6.92 Å². The Hall–Kier alpha value is -2.43. The van der Waals surface area contributed by atoms with Crippen LogP contribution < -0.4 is 0 Å². The van der Waals surface area contributed by atoms with Crippen LogP contribution in [0.2, 0.25) is 0 Å². The van der Waals surface area contributed by atoms with Crippen molar-refractivity contribution in [3.8, 4) is 5.82 Å². The van der Waals surface area contributed by atoms with E-state index in [4.69, 9.17) is 5.11 Å². The summed E-state index contributed by atoms with van der Waals surface area (Å²) in [5.74, 6) is 0.592. The first-order valence-corrected chi connectivity index (χ1v) is 5.61. The summed E-state index contributed by atoms with van der Waals surface area (Å²) in [7, 11) is 0. The summed E-state index contributed by atoms with van der Waals surface area (Å²) in [5.41, 5.74) is 0.743. The Morgan fingerprint density at radius 1 is 1.44 bits per heavy atom. The molecule has 2 aromatic heterocycles. The van der Waals surface area contributed by atoms with Crippen LogP contribution in [-0.4, -0.2) is 25.6 Å². The van der Waals surface area contributed by atoms with E-state index < -0.39 is 5.97 Å². The van der Waals surface area contributed by atoms with Gasteiger partial charge in [0, 0.05) is 36.7 Å². The second-order valence-corrected chi connectivity index (χ2v) is 3.65. The number of carboxylic acids is 1. The molecule has 18 heavy (non-hydrogen) atoms. The van der Waals surface area contributed by atoms with Crippen molar-refractivity contribution >= 4 is 12.0 Å². The lowest BCUT2D eigenvalue weighted by Gasteiger charge is -2.08. The Morgan fingerprint density at radius 3 is 3.00 bits per heavy atom. The van der Waals surface area contributed by atoms with E-state index in [-0.39, 0.29) is 0 Å². The lowest BCUT2D eigenvalue weighted by Crippen LogP contribution is -2.03. The normalized spacial score (nSPS) is 10.9. The fraction of sp³-hybridized carbons (Fsp3) is 0.154. The van der Waals surface area contributed by atoms with Gasteiger partial charge in [0.15, 0.2) is 0 Å². The van der Waals surface area contributed by atoms with Gasteiger partial charge in [-0.05, 0) is 18.2 Å². The van der Waals surface area contributed by atoms with Crippen molar-refractivity contribution in [3.05, 3.63) is 48.2 Å². The first-order valence-electron chi connectivity index (χ1n) is 5.61. The predicted molar refractivity (Wildman–Crippen MR) is 67.4 cm³/mol. The van der Waals surface area contributed by atoms with Crippen LogP contribution in [0.5, 0.6) is 0 Å². The van der Waals surface area contributed by atoms with Crippen LogP contribution >= 0.6 is 0 Å². The average Bonchev–Trinajstić information content (AvgIpc) is 2.84. The van der Waals surface area contributed by atoms with E-state index in [9.17, 15) is 4.79 Å². The molecular formula is C13H13N3O2. The number of nitrogens with zero attached hydrogens (tertiary/aromatic N) is 3. The topological polar surface area (TPSA) is 68.0 Å². The lowest BCUT2D eigenvalue weighted by atomic mass is 10.2. The quantitative estimate of drug-likeness (QED) is 0.833. The van der Waals surface area contributed by atoms with Gasteiger partial charge in [0.25, 0.3) is 0 Å². The number of aliphatic carboxylic acids is 1. The molecule has 92 valence electrons. The molecule has 0 bridgehead atoms. The van der Waals surface area contributed by atoms with Crippen molar-refractivity contribution in [1.82, 2.24) is 14.5 Å². The van der Waals surface area contributed by atoms with E-state index in [1.807, 2.05) is 23.8 Å². The van der Waals surface area contributed by atoms with Gasteiger partial charge in [0.05, 0.1) is 0 Å². The molecule has 0 aromatic carbocycles. The average molecular weight is 243 g/mol. The Kier molecular flexibility index (Phi) is 3.52. The van der Waals surface area contributed by atoms with Gasteiger partial charge >= 0.3 is 5.97 Å². The molecule has 0 aliphatic heterocycles. The fourth-order valence-corrected chi connectivity index (χ4v) is 1.69. The third-order valence-corrected chi connectivity index (χ3v) is 2.48. The largest absolute Gasteiger partial charge is 0.478 e. The molecule has 0 amide bonds. The third-order valence-electron chi connectivity index (χ3n) is 2.48. The van der Waals surface area contributed by atoms with E-state index in [0.29, 0.717) is 5.82 Å². The van der Waals surface area contributed by atoms with Crippen LogP contribution in [0.3, 0.4) is 0 Å². The van der Waals surface area contributed by atoms with Crippen molar-refractivity contribution in [1.29, 1.82) is 0 Å². The third kappa shape index (κ3) is 2.45. The molecule has 2 heterocycles. The number of imidazole rings is 1. The number of pyridine rings is 1. The summed E-state index contributed by atoms with van der Waals surface area (Å²) < 4.78 is 1.86. The van der Waals surface area contributed by atoms with E-state index in [1.165, 1.54) is 6.08 Å². The van der Waals surface area contributed by atoms with Gasteiger partial charge in [-0.15, -0.1) is 0 Å². The first kappa shape index (κ1) is 12.0. The minimum absolute atomic E-state index is 0.685. The van der Waals surface area contributed by atoms with Crippen LogP contribution in [0.25, 0.3) is 11.9 Å². The number of hydrogen-bond acceptors (Lipinski definition) is 3. The van der Waals surface area contributed by atoms with Gasteiger partial charge in [-0.2, -0.15) is 0 Å². The molecule has 0 spiro atoms. The van der Waals surface area contributed by atoms with Crippen LogP contribution in [0.1, 0.15) is 18.3 Å². The van der Waals surface area contributed by atoms with Crippen LogP contribution in [-0.2, 0) is 11.2 Å². The first-order chi connectivity index (χ1) is 8.72. The molecule has 1 N–H and O–H groups in total. The molecule has 5 heteroatoms. The van der Waals surface area contributed by atoms with Crippen LogP contribution in [0.15, 0.2) is 36.8 Å². The molecule has 0 unspecified atom stereocenters. The number of rotatable bonds is 4. The van der Waals surface area contributed by atoms with Crippen molar-refractivity contribution in [2.45, 2.75) is 13.3 Å². The SMILES string of the molecule is CCc1nccn1-c1ncccc1/C=C/C(=O)O. The predicted octanol–water partition coefficient (Wildman–Crippen LogP) is 1.93. The standard InChI is InChI=1S/C13H13N3O2/c1-2-11-14-8-9-16(11)13-10(4-3-7-15-13)5-6-12(17)18/h3-9H,2H2,1H3,(H,17,18)/b6-5+. The van der Waals surface area contributed by atoms with Gasteiger partial charge in [0.2, 0.25) is 0 Å². The molecule has 0 atom stereocenters. The summed E-state index contributed by atoms with van der Waals surface area (Å²) in [6.07, 6.45) is 8.61. The van der Waals surface area contributed by atoms with Crippen LogP contribution in [0, 0.1) is 0 Å². The maximum Gasteiger partial charge on any atom is 0.328 e. The molecule has 0 aliphatic carbocycles. The second-order valence-electron chi connectivity index (χ2n) is 3.65. The number of carboxylic acid groups (broad SMARTS) is 1. The maximum absolute atomic E-state index is 10.6.